The maximum Gasteiger partial charge on any atom is 0.142 e. The molecule has 1 aromatic rings. The SMILES string of the molecule is CC(CNc1cn[nH]c1N)CN1CCCC1. The zero-order valence-electron chi connectivity index (χ0n) is 9.87. The number of hydrogen-bond acceptors (Lipinski definition) is 4. The van der Waals surface area contributed by atoms with E-state index in [9.17, 15) is 0 Å². The fraction of sp³-hybridized carbons (Fsp3) is 0.727. The van der Waals surface area contributed by atoms with Crippen molar-refractivity contribution in [1.29, 1.82) is 0 Å². The first-order valence-corrected chi connectivity index (χ1v) is 6.01. The molecule has 1 fully saturated rings. The van der Waals surface area contributed by atoms with E-state index >= 15 is 0 Å². The van der Waals surface area contributed by atoms with E-state index in [1.165, 1.54) is 32.5 Å². The second kappa shape index (κ2) is 5.21. The van der Waals surface area contributed by atoms with E-state index in [4.69, 9.17) is 5.73 Å². The molecule has 1 unspecified atom stereocenters. The molecule has 0 radical (unpaired) electrons. The van der Waals surface area contributed by atoms with Crippen LogP contribution in [0.3, 0.4) is 0 Å². The Hall–Kier alpha value is -1.23. The van der Waals surface area contributed by atoms with Gasteiger partial charge in [0.05, 0.1) is 11.9 Å². The molecule has 4 N–H and O–H groups in total. The van der Waals surface area contributed by atoms with Crippen LogP contribution < -0.4 is 11.1 Å². The van der Waals surface area contributed by atoms with Crippen LogP contribution in [0.25, 0.3) is 0 Å². The topological polar surface area (TPSA) is 70.0 Å². The average Bonchev–Trinajstić information content (AvgIpc) is 2.87. The lowest BCUT2D eigenvalue weighted by molar-refractivity contribution is 0.294. The molecule has 0 spiro atoms. The first kappa shape index (κ1) is 11.3. The highest BCUT2D eigenvalue weighted by molar-refractivity contribution is 5.59. The second-order valence-corrected chi connectivity index (χ2v) is 4.69. The molecule has 5 nitrogen and oxygen atoms in total. The number of nitrogen functional groups attached to an aromatic ring is 1. The number of aromatic amines is 1. The zero-order chi connectivity index (χ0) is 11.4. The minimum absolute atomic E-state index is 0.619. The van der Waals surface area contributed by atoms with Gasteiger partial charge < -0.3 is 16.0 Å². The second-order valence-electron chi connectivity index (χ2n) is 4.69. The normalized spacial score (nSPS) is 18.8. The van der Waals surface area contributed by atoms with Gasteiger partial charge in [-0.3, -0.25) is 5.10 Å². The predicted octanol–water partition coefficient (Wildman–Crippen LogP) is 1.14. The van der Waals surface area contributed by atoms with Crippen LogP contribution in [-0.4, -0.2) is 41.3 Å². The van der Waals surface area contributed by atoms with E-state index < -0.39 is 0 Å². The van der Waals surface area contributed by atoms with Gasteiger partial charge in [-0.25, -0.2) is 0 Å². The largest absolute Gasteiger partial charge is 0.382 e. The third-order valence-corrected chi connectivity index (χ3v) is 3.08. The van der Waals surface area contributed by atoms with Crippen LogP contribution in [0, 0.1) is 5.92 Å². The van der Waals surface area contributed by atoms with Gasteiger partial charge in [0.2, 0.25) is 0 Å². The summed E-state index contributed by atoms with van der Waals surface area (Å²) in [7, 11) is 0. The highest BCUT2D eigenvalue weighted by Crippen LogP contribution is 2.15. The van der Waals surface area contributed by atoms with Gasteiger partial charge >= 0.3 is 0 Å². The number of rotatable bonds is 5. The number of hydrogen-bond donors (Lipinski definition) is 3. The zero-order valence-corrected chi connectivity index (χ0v) is 9.87. The highest BCUT2D eigenvalue weighted by atomic mass is 15.2. The fourth-order valence-electron chi connectivity index (χ4n) is 2.19. The summed E-state index contributed by atoms with van der Waals surface area (Å²) in [4.78, 5) is 2.53. The van der Waals surface area contributed by atoms with Crippen molar-refractivity contribution in [1.82, 2.24) is 15.1 Å². The summed E-state index contributed by atoms with van der Waals surface area (Å²) >= 11 is 0. The number of aromatic nitrogens is 2. The lowest BCUT2D eigenvalue weighted by atomic mass is 10.1. The smallest absolute Gasteiger partial charge is 0.142 e. The molecule has 16 heavy (non-hydrogen) atoms. The molecular formula is C11H21N5. The summed E-state index contributed by atoms with van der Waals surface area (Å²) in [6.45, 7) is 6.91. The van der Waals surface area contributed by atoms with Gasteiger partial charge in [-0.2, -0.15) is 5.10 Å². The highest BCUT2D eigenvalue weighted by Gasteiger charge is 2.14. The molecule has 0 bridgehead atoms. The lowest BCUT2D eigenvalue weighted by Crippen LogP contribution is -2.28. The molecule has 2 rings (SSSR count). The fourth-order valence-corrected chi connectivity index (χ4v) is 2.19. The molecule has 0 aliphatic carbocycles. The van der Waals surface area contributed by atoms with E-state index in [-0.39, 0.29) is 0 Å². The van der Waals surface area contributed by atoms with E-state index in [0.29, 0.717) is 11.7 Å². The van der Waals surface area contributed by atoms with Crippen molar-refractivity contribution < 1.29 is 0 Å². The number of nitrogens with two attached hydrogens (primary N) is 1. The van der Waals surface area contributed by atoms with Crippen LogP contribution in [0.15, 0.2) is 6.20 Å². The van der Waals surface area contributed by atoms with Crippen LogP contribution in [0.5, 0.6) is 0 Å². The van der Waals surface area contributed by atoms with Crippen molar-refractivity contribution in [3.8, 4) is 0 Å². The summed E-state index contributed by atoms with van der Waals surface area (Å²) in [5.41, 5.74) is 6.61. The molecule has 2 heterocycles. The van der Waals surface area contributed by atoms with Crippen molar-refractivity contribution in [2.24, 2.45) is 5.92 Å². The van der Waals surface area contributed by atoms with Crippen LogP contribution >= 0.6 is 0 Å². The van der Waals surface area contributed by atoms with E-state index in [1.807, 2.05) is 0 Å². The number of nitrogens with zero attached hydrogens (tertiary/aromatic N) is 2. The van der Waals surface area contributed by atoms with Crippen LogP contribution in [0.4, 0.5) is 11.5 Å². The summed E-state index contributed by atoms with van der Waals surface area (Å²) in [5.74, 6) is 1.25. The van der Waals surface area contributed by atoms with Gasteiger partial charge in [-0.1, -0.05) is 6.92 Å². The van der Waals surface area contributed by atoms with E-state index in [2.05, 4.69) is 27.3 Å². The minimum atomic E-state index is 0.619. The van der Waals surface area contributed by atoms with Gasteiger partial charge in [-0.15, -0.1) is 0 Å². The Kier molecular flexibility index (Phi) is 3.66. The molecule has 1 aromatic heterocycles. The standard InChI is InChI=1S/C11H21N5/c1-9(8-16-4-2-3-5-16)6-13-10-7-14-15-11(10)12/h7,9,13H,2-6,8H2,1H3,(H3,12,14,15). The molecule has 1 saturated heterocycles. The van der Waals surface area contributed by atoms with Crippen molar-refractivity contribution in [3.63, 3.8) is 0 Å². The van der Waals surface area contributed by atoms with Gasteiger partial charge in [-0.05, 0) is 31.8 Å². The monoisotopic (exact) mass is 223 g/mol. The summed E-state index contributed by atoms with van der Waals surface area (Å²) < 4.78 is 0. The molecule has 0 amide bonds. The van der Waals surface area contributed by atoms with Gasteiger partial charge in [0.1, 0.15) is 5.82 Å². The average molecular weight is 223 g/mol. The molecule has 5 heteroatoms. The maximum atomic E-state index is 5.70. The first-order valence-electron chi connectivity index (χ1n) is 6.01. The van der Waals surface area contributed by atoms with Crippen molar-refractivity contribution in [2.45, 2.75) is 19.8 Å². The molecule has 0 saturated carbocycles. The Labute approximate surface area is 96.4 Å². The van der Waals surface area contributed by atoms with Gasteiger partial charge in [0, 0.05) is 13.1 Å². The molecular weight excluding hydrogens is 202 g/mol. The molecule has 1 aliphatic rings. The number of nitrogens with one attached hydrogen (secondary N) is 2. The van der Waals surface area contributed by atoms with E-state index in [0.717, 1.165) is 12.2 Å². The summed E-state index contributed by atoms with van der Waals surface area (Å²) in [5, 5.41) is 9.92. The van der Waals surface area contributed by atoms with Crippen molar-refractivity contribution in [2.75, 3.05) is 37.2 Å². The quantitative estimate of drug-likeness (QED) is 0.700. The Balaban J connectivity index is 1.71. The third-order valence-electron chi connectivity index (χ3n) is 3.08. The predicted molar refractivity (Wildman–Crippen MR) is 66.3 cm³/mol. The molecule has 1 aliphatic heterocycles. The van der Waals surface area contributed by atoms with Crippen molar-refractivity contribution in [3.05, 3.63) is 6.20 Å². The molecule has 0 aromatic carbocycles. The Bertz CT molecular complexity index is 316. The number of H-pyrrole nitrogens is 1. The van der Waals surface area contributed by atoms with E-state index in [1.54, 1.807) is 6.20 Å². The Morgan fingerprint density at radius 2 is 2.31 bits per heavy atom. The Morgan fingerprint density at radius 3 is 2.94 bits per heavy atom. The number of anilines is 2. The van der Waals surface area contributed by atoms with Crippen LogP contribution in [-0.2, 0) is 0 Å². The summed E-state index contributed by atoms with van der Waals surface area (Å²) in [6, 6.07) is 0. The van der Waals surface area contributed by atoms with Crippen molar-refractivity contribution >= 4 is 11.5 Å². The Morgan fingerprint density at radius 1 is 1.56 bits per heavy atom. The maximum absolute atomic E-state index is 5.70. The lowest BCUT2D eigenvalue weighted by Gasteiger charge is -2.20. The molecule has 1 atom stereocenters. The minimum Gasteiger partial charge on any atom is -0.382 e. The summed E-state index contributed by atoms with van der Waals surface area (Å²) in [6.07, 6.45) is 4.45. The van der Waals surface area contributed by atoms with Gasteiger partial charge in [0.25, 0.3) is 0 Å². The van der Waals surface area contributed by atoms with Crippen LogP contribution in [0.2, 0.25) is 0 Å². The third kappa shape index (κ3) is 2.88. The molecule has 90 valence electrons. The number of likely N-dealkylation sites (tertiary alicyclic amines) is 1. The van der Waals surface area contributed by atoms with Gasteiger partial charge in [0.15, 0.2) is 0 Å². The van der Waals surface area contributed by atoms with Crippen LogP contribution in [0.1, 0.15) is 19.8 Å². The first-order chi connectivity index (χ1) is 7.75.